The molecule has 0 bridgehead atoms. The Hall–Kier alpha value is -2.54. The van der Waals surface area contributed by atoms with Gasteiger partial charge in [-0.15, -0.1) is 10.2 Å². The number of anilines is 3. The third kappa shape index (κ3) is 4.26. The van der Waals surface area contributed by atoms with Crippen LogP contribution in [0.15, 0.2) is 18.5 Å². The zero-order valence-electron chi connectivity index (χ0n) is 12.7. The first kappa shape index (κ1) is 16.3. The van der Waals surface area contributed by atoms with E-state index in [2.05, 4.69) is 36.1 Å². The number of rotatable bonds is 5. The normalized spacial score (nSPS) is 17.1. The Labute approximate surface area is 143 Å². The Balaban J connectivity index is 1.65. The predicted molar refractivity (Wildman–Crippen MR) is 88.2 cm³/mol. The molecule has 3 rings (SSSR count). The van der Waals surface area contributed by atoms with Gasteiger partial charge in [-0.2, -0.15) is 5.26 Å². The molecule has 1 aliphatic heterocycles. The molecule has 24 heavy (non-hydrogen) atoms. The number of aromatic nitrogens is 4. The molecule has 3 N–H and O–H groups in total. The van der Waals surface area contributed by atoms with E-state index in [1.165, 1.54) is 12.4 Å². The summed E-state index contributed by atoms with van der Waals surface area (Å²) in [5.74, 6) is 0.917. The Bertz CT molecular complexity index is 727. The number of hydrogen-bond donors (Lipinski definition) is 3. The molecule has 1 atom stereocenters. The van der Waals surface area contributed by atoms with Gasteiger partial charge < -0.3 is 20.7 Å². The Morgan fingerprint density at radius 1 is 1.33 bits per heavy atom. The zero-order valence-corrected chi connectivity index (χ0v) is 13.4. The molecule has 0 amide bonds. The van der Waals surface area contributed by atoms with Gasteiger partial charge in [0, 0.05) is 25.7 Å². The first-order chi connectivity index (χ1) is 11.7. The fraction of sp³-hybridized carbons (Fsp3) is 0.357. The maximum atomic E-state index is 8.72. The molecule has 0 spiro atoms. The number of nitriles is 1. The van der Waals surface area contributed by atoms with E-state index in [1.807, 2.05) is 6.07 Å². The van der Waals surface area contributed by atoms with Gasteiger partial charge in [0.05, 0.1) is 30.8 Å². The van der Waals surface area contributed by atoms with E-state index in [0.29, 0.717) is 30.5 Å². The van der Waals surface area contributed by atoms with Crippen molar-refractivity contribution in [2.45, 2.75) is 6.10 Å². The van der Waals surface area contributed by atoms with Gasteiger partial charge in [0.15, 0.2) is 16.7 Å². The van der Waals surface area contributed by atoms with Crippen LogP contribution in [0.2, 0.25) is 5.15 Å². The first-order valence-electron chi connectivity index (χ1n) is 7.33. The van der Waals surface area contributed by atoms with Crippen molar-refractivity contribution in [1.82, 2.24) is 25.5 Å². The molecule has 1 saturated heterocycles. The number of hydrogen-bond acceptors (Lipinski definition) is 9. The molecule has 2 aromatic rings. The van der Waals surface area contributed by atoms with E-state index < -0.39 is 0 Å². The second kappa shape index (κ2) is 7.83. The summed E-state index contributed by atoms with van der Waals surface area (Å²) in [4.78, 5) is 8.00. The number of ether oxygens (including phenoxy) is 1. The van der Waals surface area contributed by atoms with E-state index in [9.17, 15) is 0 Å². The molecule has 0 aliphatic carbocycles. The minimum atomic E-state index is 0.0729. The number of morpholine rings is 1. The lowest BCUT2D eigenvalue weighted by Crippen LogP contribution is -2.42. The summed E-state index contributed by atoms with van der Waals surface area (Å²) in [5.41, 5.74) is 0.885. The number of nitrogens with zero attached hydrogens (tertiary/aromatic N) is 5. The minimum absolute atomic E-state index is 0.0729. The van der Waals surface area contributed by atoms with Crippen molar-refractivity contribution in [2.75, 3.05) is 36.9 Å². The number of halogens is 1. The fourth-order valence-electron chi connectivity index (χ4n) is 2.12. The largest absolute Gasteiger partial charge is 0.380 e. The van der Waals surface area contributed by atoms with Crippen LogP contribution in [0.25, 0.3) is 0 Å². The topological polar surface area (TPSA) is 121 Å². The molecule has 0 saturated carbocycles. The van der Waals surface area contributed by atoms with Crippen molar-refractivity contribution in [3.63, 3.8) is 0 Å². The highest BCUT2D eigenvalue weighted by Crippen LogP contribution is 2.22. The van der Waals surface area contributed by atoms with Crippen molar-refractivity contribution in [3.05, 3.63) is 29.3 Å². The summed E-state index contributed by atoms with van der Waals surface area (Å²) in [7, 11) is 0. The standard InChI is InChI=1S/C14H15ClN8O/c15-14-11(19-7-10-6-17-1-2-24-10)3-12(22-23-14)21-13-8-18-9(4-16)5-20-13/h3,5,8,10,17H,1-2,6-7H2,(H2,19,20,21,22). The molecular weight excluding hydrogens is 332 g/mol. The predicted octanol–water partition coefficient (Wildman–Crippen LogP) is 0.936. The van der Waals surface area contributed by atoms with E-state index >= 15 is 0 Å². The van der Waals surface area contributed by atoms with Crippen LogP contribution in [0.1, 0.15) is 5.69 Å². The van der Waals surface area contributed by atoms with Crippen LogP contribution in [0.5, 0.6) is 0 Å². The quantitative estimate of drug-likeness (QED) is 0.726. The molecule has 1 unspecified atom stereocenters. The average molecular weight is 347 g/mol. The summed E-state index contributed by atoms with van der Waals surface area (Å²) in [6.45, 7) is 2.95. The molecule has 1 fully saturated rings. The molecule has 124 valence electrons. The molecule has 2 aromatic heterocycles. The van der Waals surface area contributed by atoms with Crippen molar-refractivity contribution in [1.29, 1.82) is 5.26 Å². The SMILES string of the molecule is N#Cc1cnc(Nc2cc(NCC3CNCCO3)c(Cl)nn2)cn1. The molecule has 0 radical (unpaired) electrons. The highest BCUT2D eigenvalue weighted by molar-refractivity contribution is 6.31. The average Bonchev–Trinajstić information content (AvgIpc) is 2.63. The fourth-order valence-corrected chi connectivity index (χ4v) is 2.28. The lowest BCUT2D eigenvalue weighted by Gasteiger charge is -2.24. The molecule has 10 heteroatoms. The smallest absolute Gasteiger partial charge is 0.174 e. The van der Waals surface area contributed by atoms with E-state index in [1.54, 1.807) is 6.07 Å². The van der Waals surface area contributed by atoms with Crippen molar-refractivity contribution in [3.8, 4) is 6.07 Å². The maximum Gasteiger partial charge on any atom is 0.174 e. The van der Waals surface area contributed by atoms with Crippen LogP contribution in [-0.4, -0.2) is 52.5 Å². The van der Waals surface area contributed by atoms with Gasteiger partial charge in [0.2, 0.25) is 0 Å². The molecule has 3 heterocycles. The van der Waals surface area contributed by atoms with E-state index in [-0.39, 0.29) is 17.0 Å². The van der Waals surface area contributed by atoms with Crippen molar-refractivity contribution in [2.24, 2.45) is 0 Å². The molecule has 1 aliphatic rings. The second-order valence-corrected chi connectivity index (χ2v) is 5.39. The van der Waals surface area contributed by atoms with Crippen LogP contribution >= 0.6 is 11.6 Å². The highest BCUT2D eigenvalue weighted by Gasteiger charge is 2.14. The van der Waals surface area contributed by atoms with Gasteiger partial charge in [-0.05, 0) is 0 Å². The van der Waals surface area contributed by atoms with E-state index in [4.69, 9.17) is 21.6 Å². The van der Waals surface area contributed by atoms with Gasteiger partial charge in [0.25, 0.3) is 0 Å². The Morgan fingerprint density at radius 3 is 2.96 bits per heavy atom. The van der Waals surface area contributed by atoms with Gasteiger partial charge in [-0.25, -0.2) is 9.97 Å². The number of nitrogens with one attached hydrogen (secondary N) is 3. The van der Waals surface area contributed by atoms with Crippen molar-refractivity contribution < 1.29 is 4.74 Å². The third-order valence-corrected chi connectivity index (χ3v) is 3.58. The van der Waals surface area contributed by atoms with Crippen molar-refractivity contribution >= 4 is 28.9 Å². The van der Waals surface area contributed by atoms with Gasteiger partial charge in [0.1, 0.15) is 11.9 Å². The Kier molecular flexibility index (Phi) is 5.32. The Morgan fingerprint density at radius 2 is 2.25 bits per heavy atom. The molecule has 0 aromatic carbocycles. The van der Waals surface area contributed by atoms with Gasteiger partial charge in [-0.3, -0.25) is 0 Å². The summed E-state index contributed by atoms with van der Waals surface area (Å²) < 4.78 is 5.62. The van der Waals surface area contributed by atoms with Crippen LogP contribution in [-0.2, 0) is 4.74 Å². The summed E-state index contributed by atoms with van der Waals surface area (Å²) in [6.07, 6.45) is 2.89. The summed E-state index contributed by atoms with van der Waals surface area (Å²) >= 11 is 6.07. The molecular formula is C14H15ClN8O. The first-order valence-corrected chi connectivity index (χ1v) is 7.71. The minimum Gasteiger partial charge on any atom is -0.380 e. The highest BCUT2D eigenvalue weighted by atomic mass is 35.5. The summed E-state index contributed by atoms with van der Waals surface area (Å²) in [5, 5.41) is 26.3. The third-order valence-electron chi connectivity index (χ3n) is 3.30. The zero-order chi connectivity index (χ0) is 16.8. The monoisotopic (exact) mass is 346 g/mol. The van der Waals surface area contributed by atoms with Crippen LogP contribution in [0.3, 0.4) is 0 Å². The van der Waals surface area contributed by atoms with E-state index in [0.717, 1.165) is 13.1 Å². The van der Waals surface area contributed by atoms with Crippen LogP contribution in [0.4, 0.5) is 17.3 Å². The van der Waals surface area contributed by atoms with Gasteiger partial charge in [-0.1, -0.05) is 11.6 Å². The molecule has 9 nitrogen and oxygen atoms in total. The lowest BCUT2D eigenvalue weighted by atomic mass is 10.3. The lowest BCUT2D eigenvalue weighted by molar-refractivity contribution is 0.0372. The maximum absolute atomic E-state index is 8.72. The summed E-state index contributed by atoms with van der Waals surface area (Å²) in [6, 6.07) is 3.64. The van der Waals surface area contributed by atoms with Gasteiger partial charge >= 0.3 is 0 Å². The second-order valence-electron chi connectivity index (χ2n) is 5.04. The van der Waals surface area contributed by atoms with Crippen LogP contribution in [0, 0.1) is 11.3 Å². The van der Waals surface area contributed by atoms with Crippen LogP contribution < -0.4 is 16.0 Å².